The lowest BCUT2D eigenvalue weighted by Gasteiger charge is -2.22. The summed E-state index contributed by atoms with van der Waals surface area (Å²) >= 11 is 0. The molecule has 1 unspecified atom stereocenters. The van der Waals surface area contributed by atoms with E-state index in [-0.39, 0.29) is 18.4 Å². The van der Waals surface area contributed by atoms with Crippen LogP contribution in [0.5, 0.6) is 0 Å². The number of hydrogen-bond donors (Lipinski definition) is 2. The van der Waals surface area contributed by atoms with Crippen molar-refractivity contribution in [1.29, 1.82) is 0 Å². The zero-order chi connectivity index (χ0) is 14.8. The zero-order valence-corrected chi connectivity index (χ0v) is 12.6. The molecule has 0 heterocycles. The smallest absolute Gasteiger partial charge is 0.326 e. The quantitative estimate of drug-likeness (QED) is 0.635. The number of aliphatic carboxylic acids is 1. The van der Waals surface area contributed by atoms with Gasteiger partial charge in [0.25, 0.3) is 0 Å². The molecule has 0 aliphatic rings. The topological polar surface area (TPSA) is 69.6 Å². The van der Waals surface area contributed by atoms with Crippen LogP contribution in [0, 0.1) is 5.92 Å². The molecule has 1 atom stereocenters. The van der Waals surface area contributed by atoms with Crippen molar-refractivity contribution >= 4 is 11.9 Å². The number of carbonyl (C=O) groups excluding carboxylic acids is 1. The van der Waals surface area contributed by atoms with Gasteiger partial charge in [0, 0.05) is 0 Å². The van der Waals surface area contributed by atoms with Gasteiger partial charge in [0.05, 0.1) is 6.54 Å². The molecule has 0 aromatic rings. The average molecular weight is 272 g/mol. The van der Waals surface area contributed by atoms with Crippen LogP contribution in [0.2, 0.25) is 0 Å². The van der Waals surface area contributed by atoms with Crippen molar-refractivity contribution in [3.05, 3.63) is 0 Å². The van der Waals surface area contributed by atoms with E-state index < -0.39 is 12.0 Å². The largest absolute Gasteiger partial charge is 0.480 e. The molecule has 0 fully saturated rings. The minimum Gasteiger partial charge on any atom is -0.480 e. The van der Waals surface area contributed by atoms with E-state index in [2.05, 4.69) is 24.1 Å². The molecule has 19 heavy (non-hydrogen) atoms. The van der Waals surface area contributed by atoms with E-state index in [1.165, 1.54) is 0 Å². The number of carboxylic acids is 1. The number of carboxylic acid groups (broad SMARTS) is 1. The van der Waals surface area contributed by atoms with Gasteiger partial charge in [-0.3, -0.25) is 9.69 Å². The third-order valence-corrected chi connectivity index (χ3v) is 2.79. The molecule has 112 valence electrons. The summed E-state index contributed by atoms with van der Waals surface area (Å²) in [6.45, 7) is 10.0. The fraction of sp³-hybridized carbons (Fsp3) is 0.857. The molecular formula is C14H28N2O3. The molecule has 1 amide bonds. The number of hydrogen-bond acceptors (Lipinski definition) is 3. The molecule has 0 radical (unpaired) electrons. The Morgan fingerprint density at radius 1 is 1.16 bits per heavy atom. The van der Waals surface area contributed by atoms with Gasteiger partial charge in [-0.25, -0.2) is 4.79 Å². The van der Waals surface area contributed by atoms with Crippen molar-refractivity contribution in [3.63, 3.8) is 0 Å². The van der Waals surface area contributed by atoms with Gasteiger partial charge in [0.15, 0.2) is 0 Å². The maximum absolute atomic E-state index is 11.9. The lowest BCUT2D eigenvalue weighted by Crippen LogP contribution is -2.46. The third kappa shape index (κ3) is 8.59. The minimum absolute atomic E-state index is 0.199. The maximum Gasteiger partial charge on any atom is 0.326 e. The van der Waals surface area contributed by atoms with E-state index in [1.807, 2.05) is 13.8 Å². The zero-order valence-electron chi connectivity index (χ0n) is 12.6. The molecule has 0 saturated heterocycles. The molecule has 2 N–H and O–H groups in total. The van der Waals surface area contributed by atoms with Gasteiger partial charge < -0.3 is 10.4 Å². The van der Waals surface area contributed by atoms with Crippen LogP contribution >= 0.6 is 0 Å². The van der Waals surface area contributed by atoms with Crippen LogP contribution in [0.4, 0.5) is 0 Å². The summed E-state index contributed by atoms with van der Waals surface area (Å²) in [4.78, 5) is 25.0. The second-order valence-electron chi connectivity index (χ2n) is 5.36. The summed E-state index contributed by atoms with van der Waals surface area (Å²) in [6.07, 6.45) is 2.44. The summed E-state index contributed by atoms with van der Waals surface area (Å²) in [5.41, 5.74) is 0. The monoisotopic (exact) mass is 272 g/mol. The van der Waals surface area contributed by atoms with E-state index in [4.69, 9.17) is 5.11 Å². The Balaban J connectivity index is 4.34. The van der Waals surface area contributed by atoms with Crippen LogP contribution in [0.25, 0.3) is 0 Å². The Kier molecular flexibility index (Phi) is 9.21. The predicted molar refractivity (Wildman–Crippen MR) is 76.0 cm³/mol. The summed E-state index contributed by atoms with van der Waals surface area (Å²) in [7, 11) is 0. The highest BCUT2D eigenvalue weighted by molar-refractivity contribution is 5.84. The van der Waals surface area contributed by atoms with E-state index >= 15 is 0 Å². The Morgan fingerprint density at radius 2 is 1.68 bits per heavy atom. The molecule has 0 aromatic heterocycles. The van der Waals surface area contributed by atoms with Gasteiger partial charge >= 0.3 is 5.97 Å². The maximum atomic E-state index is 11.9. The third-order valence-electron chi connectivity index (χ3n) is 2.79. The Bertz CT molecular complexity index is 274. The Labute approximate surface area is 116 Å². The molecular weight excluding hydrogens is 244 g/mol. The normalized spacial score (nSPS) is 12.7. The number of amides is 1. The van der Waals surface area contributed by atoms with E-state index in [0.717, 1.165) is 25.9 Å². The van der Waals surface area contributed by atoms with E-state index in [1.54, 1.807) is 0 Å². The van der Waals surface area contributed by atoms with Crippen molar-refractivity contribution < 1.29 is 14.7 Å². The Morgan fingerprint density at radius 3 is 2.05 bits per heavy atom. The second kappa shape index (κ2) is 9.78. The number of carbonyl (C=O) groups is 2. The first kappa shape index (κ1) is 17.9. The summed E-state index contributed by atoms with van der Waals surface area (Å²) in [5.74, 6) is -0.918. The second-order valence-corrected chi connectivity index (χ2v) is 5.36. The summed E-state index contributed by atoms with van der Waals surface area (Å²) in [6, 6.07) is -0.780. The first-order chi connectivity index (χ1) is 8.90. The standard InChI is InChI=1S/C14H28N2O3/c1-5-7-16(8-6-2)10-13(17)15-12(14(18)19)9-11(3)4/h11-12H,5-10H2,1-4H3,(H,15,17)(H,18,19). The summed E-state index contributed by atoms with van der Waals surface area (Å²) in [5, 5.41) is 11.7. The van der Waals surface area contributed by atoms with Crippen LogP contribution in [-0.4, -0.2) is 47.6 Å². The van der Waals surface area contributed by atoms with Gasteiger partial charge in [0.1, 0.15) is 6.04 Å². The molecule has 0 aromatic carbocycles. The van der Waals surface area contributed by atoms with Gasteiger partial charge in [0.2, 0.25) is 5.91 Å². The van der Waals surface area contributed by atoms with Gasteiger partial charge in [-0.15, -0.1) is 0 Å². The number of nitrogens with zero attached hydrogens (tertiary/aromatic N) is 1. The molecule has 0 rings (SSSR count). The molecule has 0 saturated carbocycles. The van der Waals surface area contributed by atoms with Crippen LogP contribution < -0.4 is 5.32 Å². The lowest BCUT2D eigenvalue weighted by molar-refractivity contribution is -0.142. The Hall–Kier alpha value is -1.10. The van der Waals surface area contributed by atoms with Gasteiger partial charge in [-0.2, -0.15) is 0 Å². The van der Waals surface area contributed by atoms with Crippen molar-refractivity contribution in [1.82, 2.24) is 10.2 Å². The number of nitrogens with one attached hydrogen (secondary N) is 1. The summed E-state index contributed by atoms with van der Waals surface area (Å²) < 4.78 is 0. The highest BCUT2D eigenvalue weighted by Crippen LogP contribution is 2.05. The molecule has 0 aliphatic heterocycles. The first-order valence-electron chi connectivity index (χ1n) is 7.15. The lowest BCUT2D eigenvalue weighted by atomic mass is 10.0. The van der Waals surface area contributed by atoms with Gasteiger partial charge in [-0.1, -0.05) is 27.7 Å². The van der Waals surface area contributed by atoms with Crippen molar-refractivity contribution in [2.45, 2.75) is 53.0 Å². The molecule has 0 spiro atoms. The highest BCUT2D eigenvalue weighted by Gasteiger charge is 2.21. The van der Waals surface area contributed by atoms with Crippen LogP contribution in [-0.2, 0) is 9.59 Å². The van der Waals surface area contributed by atoms with E-state index in [0.29, 0.717) is 6.42 Å². The minimum atomic E-state index is -0.959. The average Bonchev–Trinajstić information content (AvgIpc) is 2.27. The van der Waals surface area contributed by atoms with Crippen LogP contribution in [0.3, 0.4) is 0 Å². The van der Waals surface area contributed by atoms with Crippen LogP contribution in [0.1, 0.15) is 47.0 Å². The predicted octanol–water partition coefficient (Wildman–Crippen LogP) is 1.72. The fourth-order valence-corrected chi connectivity index (χ4v) is 2.04. The molecule has 0 bridgehead atoms. The molecule has 0 aliphatic carbocycles. The van der Waals surface area contributed by atoms with Gasteiger partial charge in [-0.05, 0) is 38.3 Å². The van der Waals surface area contributed by atoms with Crippen molar-refractivity contribution in [3.8, 4) is 0 Å². The van der Waals surface area contributed by atoms with Crippen molar-refractivity contribution in [2.75, 3.05) is 19.6 Å². The molecule has 5 heteroatoms. The first-order valence-corrected chi connectivity index (χ1v) is 7.15. The SMILES string of the molecule is CCCN(CCC)CC(=O)NC(CC(C)C)C(=O)O. The van der Waals surface area contributed by atoms with E-state index in [9.17, 15) is 9.59 Å². The molecule has 5 nitrogen and oxygen atoms in total. The highest BCUT2D eigenvalue weighted by atomic mass is 16.4. The fourth-order valence-electron chi connectivity index (χ4n) is 2.04. The number of rotatable bonds is 10. The van der Waals surface area contributed by atoms with Crippen LogP contribution in [0.15, 0.2) is 0 Å². The van der Waals surface area contributed by atoms with Crippen molar-refractivity contribution in [2.24, 2.45) is 5.92 Å².